The average Bonchev–Trinajstić information content (AvgIpc) is 3.16. The molecule has 0 aromatic heterocycles. The summed E-state index contributed by atoms with van der Waals surface area (Å²) in [5, 5.41) is 0. The number of esters is 1. The van der Waals surface area contributed by atoms with Crippen LogP contribution in [0.1, 0.15) is 13.3 Å². The lowest BCUT2D eigenvalue weighted by Crippen LogP contribution is -2.16. The molecule has 1 aromatic rings. The highest BCUT2D eigenvalue weighted by Gasteiger charge is 2.13. The minimum atomic E-state index is -3.76. The van der Waals surface area contributed by atoms with Gasteiger partial charge in [0.2, 0.25) is 0 Å². The third kappa shape index (κ3) is 34.4. The Morgan fingerprint density at radius 2 is 0.679 bits per heavy atom. The van der Waals surface area contributed by atoms with E-state index < -0.39 is 10.1 Å². The van der Waals surface area contributed by atoms with Gasteiger partial charge in [0, 0.05) is 0 Å². The van der Waals surface area contributed by atoms with Crippen LogP contribution < -0.4 is 0 Å². The fourth-order valence-corrected chi connectivity index (χ4v) is 4.68. The lowest BCUT2D eigenvalue weighted by Gasteiger charge is -2.09. The molecule has 0 atom stereocenters. The highest BCUT2D eigenvalue weighted by atomic mass is 32.2. The lowest BCUT2D eigenvalue weighted by atomic mass is 10.4. The second-order valence-electron chi connectivity index (χ2n) is 10.5. The Bertz CT molecular complexity index is 1020. The topological polar surface area (TPSA) is 180 Å². The molecule has 0 aliphatic rings. The molecule has 17 nitrogen and oxygen atoms in total. The number of rotatable bonds is 42. The summed E-state index contributed by atoms with van der Waals surface area (Å²) >= 11 is 0. The molecular formula is C35H62O17S. The van der Waals surface area contributed by atoms with Gasteiger partial charge in [-0.15, -0.1) is 0 Å². The van der Waals surface area contributed by atoms with E-state index in [-0.39, 0.29) is 30.5 Å². The van der Waals surface area contributed by atoms with Gasteiger partial charge in [0.05, 0.1) is 183 Å². The molecule has 0 heterocycles. The van der Waals surface area contributed by atoms with E-state index in [1.807, 2.05) is 0 Å². The molecule has 0 fully saturated rings. The van der Waals surface area contributed by atoms with Gasteiger partial charge in [-0.05, 0) is 19.1 Å². The number of benzene rings is 1. The zero-order valence-corrected chi connectivity index (χ0v) is 32.1. The summed E-state index contributed by atoms with van der Waals surface area (Å²) < 4.78 is 98.8. The maximum absolute atomic E-state index is 12.0. The van der Waals surface area contributed by atoms with E-state index in [9.17, 15) is 13.2 Å². The minimum Gasteiger partial charge on any atom is -0.466 e. The maximum atomic E-state index is 12.0. The van der Waals surface area contributed by atoms with Crippen LogP contribution in [0.25, 0.3) is 0 Å². The van der Waals surface area contributed by atoms with Crippen molar-refractivity contribution in [3.63, 3.8) is 0 Å². The fourth-order valence-electron chi connectivity index (χ4n) is 3.77. The van der Waals surface area contributed by atoms with Gasteiger partial charge in [-0.1, -0.05) is 18.2 Å². The van der Waals surface area contributed by atoms with E-state index in [1.54, 1.807) is 25.1 Å². The molecule has 0 radical (unpaired) electrons. The largest absolute Gasteiger partial charge is 0.466 e. The Labute approximate surface area is 315 Å². The van der Waals surface area contributed by atoms with Crippen LogP contribution in [0.5, 0.6) is 0 Å². The van der Waals surface area contributed by atoms with E-state index in [2.05, 4.69) is 0 Å². The van der Waals surface area contributed by atoms with Gasteiger partial charge < -0.3 is 61.6 Å². The van der Waals surface area contributed by atoms with Crippen LogP contribution in [-0.4, -0.2) is 186 Å². The Hall–Kier alpha value is -1.88. The number of carbonyl (C=O) groups is 1. The first-order valence-electron chi connectivity index (χ1n) is 18.1. The molecule has 0 bridgehead atoms. The Morgan fingerprint density at radius 3 is 0.962 bits per heavy atom. The molecule has 0 amide bonds. The van der Waals surface area contributed by atoms with Crippen LogP contribution in [0.3, 0.4) is 0 Å². The summed E-state index contributed by atoms with van der Waals surface area (Å²) in [6.45, 7) is 12.5. The molecular weight excluding hydrogens is 724 g/mol. The number of carbonyl (C=O) groups excluding carboxylic acids is 1. The van der Waals surface area contributed by atoms with Gasteiger partial charge >= 0.3 is 5.97 Å². The fraction of sp³-hybridized carbons (Fsp3) is 0.800. The molecule has 310 valence electrons. The third-order valence-corrected chi connectivity index (χ3v) is 7.67. The van der Waals surface area contributed by atoms with Gasteiger partial charge in [-0.25, -0.2) is 0 Å². The van der Waals surface area contributed by atoms with Crippen molar-refractivity contribution in [2.75, 3.05) is 172 Å². The molecule has 1 aromatic carbocycles. The molecule has 53 heavy (non-hydrogen) atoms. The molecule has 0 unspecified atom stereocenters. The van der Waals surface area contributed by atoms with Crippen molar-refractivity contribution in [3.05, 3.63) is 30.3 Å². The van der Waals surface area contributed by atoms with E-state index in [0.29, 0.717) is 159 Å². The zero-order chi connectivity index (χ0) is 38.2. The summed E-state index contributed by atoms with van der Waals surface area (Å²) in [5.74, 6) is -0.258. The zero-order valence-electron chi connectivity index (χ0n) is 31.3. The minimum absolute atomic E-state index is 0.0639. The van der Waals surface area contributed by atoms with Gasteiger partial charge in [0.15, 0.2) is 0 Å². The molecule has 0 saturated carbocycles. The van der Waals surface area contributed by atoms with E-state index >= 15 is 0 Å². The van der Waals surface area contributed by atoms with Crippen molar-refractivity contribution in [1.82, 2.24) is 0 Å². The van der Waals surface area contributed by atoms with Gasteiger partial charge in [0.25, 0.3) is 10.1 Å². The summed E-state index contributed by atoms with van der Waals surface area (Å²) in [6.07, 6.45) is 0.248. The van der Waals surface area contributed by atoms with Crippen molar-refractivity contribution in [2.24, 2.45) is 0 Å². The number of ether oxygens (including phenoxy) is 13. The molecule has 0 N–H and O–H groups in total. The normalized spacial score (nSPS) is 11.7. The van der Waals surface area contributed by atoms with Gasteiger partial charge in [-0.3, -0.25) is 8.98 Å². The summed E-state index contributed by atoms with van der Waals surface area (Å²) in [6, 6.07) is 7.96. The van der Waals surface area contributed by atoms with Crippen molar-refractivity contribution in [3.8, 4) is 0 Å². The van der Waals surface area contributed by atoms with Crippen LogP contribution in [-0.2, 0) is 80.7 Å². The molecule has 18 heteroatoms. The van der Waals surface area contributed by atoms with Crippen LogP contribution in [0.15, 0.2) is 35.2 Å². The summed E-state index contributed by atoms with van der Waals surface area (Å²) in [7, 11) is -3.76. The molecule has 0 aliphatic heterocycles. The Balaban J connectivity index is 1.65. The van der Waals surface area contributed by atoms with Crippen LogP contribution in [0.2, 0.25) is 0 Å². The maximum Gasteiger partial charge on any atom is 0.308 e. The first-order valence-corrected chi connectivity index (χ1v) is 19.5. The highest BCUT2D eigenvalue weighted by Crippen LogP contribution is 2.10. The van der Waals surface area contributed by atoms with E-state index in [4.69, 9.17) is 65.8 Å². The second kappa shape index (κ2) is 38.4. The molecule has 0 spiro atoms. The first kappa shape index (κ1) is 49.1. The molecule has 0 aliphatic carbocycles. The number of hydrogen-bond acceptors (Lipinski definition) is 17. The Kier molecular flexibility index (Phi) is 35.6. The van der Waals surface area contributed by atoms with Crippen molar-refractivity contribution < 1.29 is 79.0 Å². The SMILES string of the molecule is CCOC(=O)CCOCCOCCOCCOCCOCCOCCOCCOCCOCCOCCOCCOCCOS(=O)(=O)c1ccccc1. The predicted octanol–water partition coefficient (Wildman–Crippen LogP) is 1.54. The van der Waals surface area contributed by atoms with Crippen molar-refractivity contribution in [2.45, 2.75) is 18.2 Å². The third-order valence-electron chi connectivity index (χ3n) is 6.35. The lowest BCUT2D eigenvalue weighted by molar-refractivity contribution is -0.144. The smallest absolute Gasteiger partial charge is 0.308 e. The first-order chi connectivity index (χ1) is 26.1. The number of hydrogen-bond donors (Lipinski definition) is 0. The molecule has 1 rings (SSSR count). The van der Waals surface area contributed by atoms with Gasteiger partial charge in [-0.2, -0.15) is 8.42 Å². The highest BCUT2D eigenvalue weighted by molar-refractivity contribution is 7.86. The Morgan fingerprint density at radius 1 is 0.415 bits per heavy atom. The average molecular weight is 787 g/mol. The van der Waals surface area contributed by atoms with E-state index in [0.717, 1.165) is 0 Å². The second-order valence-corrected chi connectivity index (χ2v) is 12.1. The van der Waals surface area contributed by atoms with Crippen LogP contribution >= 0.6 is 0 Å². The van der Waals surface area contributed by atoms with Crippen LogP contribution in [0.4, 0.5) is 0 Å². The summed E-state index contributed by atoms with van der Waals surface area (Å²) in [5.41, 5.74) is 0. The standard InChI is InChI=1S/C35H62O17S/c1-2-51-35(36)8-9-39-10-11-40-12-13-41-14-15-42-16-17-43-18-19-44-20-21-45-22-23-46-24-25-47-26-27-48-28-29-49-30-31-50-32-33-52-53(37,38)34-6-4-3-5-7-34/h3-7H,2,8-33H2,1H3. The monoisotopic (exact) mass is 786 g/mol. The summed E-state index contributed by atoms with van der Waals surface area (Å²) in [4.78, 5) is 11.3. The quantitative estimate of drug-likeness (QED) is 0.0529. The van der Waals surface area contributed by atoms with E-state index in [1.165, 1.54) is 12.1 Å². The van der Waals surface area contributed by atoms with Crippen molar-refractivity contribution >= 4 is 16.1 Å². The molecule has 0 saturated heterocycles. The van der Waals surface area contributed by atoms with Crippen LogP contribution in [0, 0.1) is 0 Å². The van der Waals surface area contributed by atoms with Crippen molar-refractivity contribution in [1.29, 1.82) is 0 Å². The van der Waals surface area contributed by atoms with Gasteiger partial charge in [0.1, 0.15) is 0 Å². The predicted molar refractivity (Wildman–Crippen MR) is 191 cm³/mol.